The number of ether oxygens (including phenoxy) is 1. The fourth-order valence-electron chi connectivity index (χ4n) is 3.98. The van der Waals surface area contributed by atoms with Crippen molar-refractivity contribution in [3.63, 3.8) is 0 Å². The highest BCUT2D eigenvalue weighted by atomic mass is 35.5. The maximum Gasteiger partial charge on any atom is 0.254 e. The topological polar surface area (TPSA) is 70.2 Å². The van der Waals surface area contributed by atoms with Gasteiger partial charge >= 0.3 is 0 Å². The zero-order valence-electron chi connectivity index (χ0n) is 17.5. The number of amides is 1. The van der Waals surface area contributed by atoms with E-state index in [-0.39, 0.29) is 10.8 Å². The largest absolute Gasteiger partial charge is 0.379 e. The molecule has 1 amide bonds. The average molecular weight is 464 g/mol. The van der Waals surface area contributed by atoms with E-state index in [1.807, 2.05) is 25.1 Å². The summed E-state index contributed by atoms with van der Waals surface area (Å²) in [6, 6.07) is 12.2. The van der Waals surface area contributed by atoms with E-state index in [0.29, 0.717) is 63.1 Å². The number of anilines is 1. The summed E-state index contributed by atoms with van der Waals surface area (Å²) in [5.41, 5.74) is 2.62. The van der Waals surface area contributed by atoms with Crippen LogP contribution in [0.3, 0.4) is 0 Å². The first-order valence-corrected chi connectivity index (χ1v) is 12.2. The van der Waals surface area contributed by atoms with Crippen LogP contribution in [-0.2, 0) is 14.8 Å². The van der Waals surface area contributed by atoms with Crippen LogP contribution < -0.4 is 4.90 Å². The number of hydrogen-bond acceptors (Lipinski definition) is 5. The number of piperazine rings is 1. The van der Waals surface area contributed by atoms with Gasteiger partial charge in [-0.05, 0) is 42.8 Å². The molecule has 0 bridgehead atoms. The van der Waals surface area contributed by atoms with Crippen LogP contribution in [0.1, 0.15) is 15.9 Å². The number of morpholine rings is 1. The predicted molar refractivity (Wildman–Crippen MR) is 120 cm³/mol. The van der Waals surface area contributed by atoms with Gasteiger partial charge in [-0.3, -0.25) is 4.79 Å². The van der Waals surface area contributed by atoms with E-state index in [9.17, 15) is 13.2 Å². The minimum atomic E-state index is -3.64. The molecule has 2 aliphatic rings. The monoisotopic (exact) mass is 463 g/mol. The Hall–Kier alpha value is -2.13. The average Bonchev–Trinajstić information content (AvgIpc) is 2.81. The van der Waals surface area contributed by atoms with Crippen molar-refractivity contribution in [1.29, 1.82) is 0 Å². The molecule has 9 heteroatoms. The van der Waals surface area contributed by atoms with Crippen LogP contribution in [0.25, 0.3) is 0 Å². The van der Waals surface area contributed by atoms with E-state index in [1.165, 1.54) is 10.4 Å². The van der Waals surface area contributed by atoms with Crippen LogP contribution in [0.15, 0.2) is 47.4 Å². The fourth-order valence-corrected chi connectivity index (χ4v) is 5.60. The maximum atomic E-state index is 13.1. The van der Waals surface area contributed by atoms with Gasteiger partial charge in [0.05, 0.1) is 18.1 Å². The van der Waals surface area contributed by atoms with Crippen LogP contribution in [0.5, 0.6) is 0 Å². The van der Waals surface area contributed by atoms with Gasteiger partial charge in [-0.15, -0.1) is 0 Å². The van der Waals surface area contributed by atoms with Crippen LogP contribution in [0.2, 0.25) is 5.02 Å². The lowest BCUT2D eigenvalue weighted by atomic mass is 10.1. The highest BCUT2D eigenvalue weighted by molar-refractivity contribution is 7.89. The van der Waals surface area contributed by atoms with Crippen molar-refractivity contribution in [3.05, 3.63) is 58.6 Å². The van der Waals surface area contributed by atoms with E-state index in [2.05, 4.69) is 4.90 Å². The summed E-state index contributed by atoms with van der Waals surface area (Å²) in [6.07, 6.45) is 0. The Labute approximate surface area is 188 Å². The number of halogens is 1. The van der Waals surface area contributed by atoms with Crippen molar-refractivity contribution in [1.82, 2.24) is 9.21 Å². The van der Waals surface area contributed by atoms with Crippen molar-refractivity contribution in [2.24, 2.45) is 0 Å². The second-order valence-electron chi connectivity index (χ2n) is 7.75. The second kappa shape index (κ2) is 9.16. The molecule has 4 rings (SSSR count). The van der Waals surface area contributed by atoms with E-state index < -0.39 is 10.0 Å². The molecule has 0 aliphatic carbocycles. The van der Waals surface area contributed by atoms with Gasteiger partial charge in [0.25, 0.3) is 5.91 Å². The Morgan fingerprint density at radius 2 is 1.68 bits per heavy atom. The third kappa shape index (κ3) is 4.72. The Balaban J connectivity index is 1.46. The molecule has 7 nitrogen and oxygen atoms in total. The summed E-state index contributed by atoms with van der Waals surface area (Å²) >= 11 is 6.15. The van der Waals surface area contributed by atoms with E-state index in [4.69, 9.17) is 16.3 Å². The molecule has 0 unspecified atom stereocenters. The van der Waals surface area contributed by atoms with E-state index in [0.717, 1.165) is 11.3 Å². The molecule has 2 aliphatic heterocycles. The van der Waals surface area contributed by atoms with Gasteiger partial charge in [0.2, 0.25) is 10.0 Å². The molecule has 0 radical (unpaired) electrons. The number of nitrogens with zero attached hydrogens (tertiary/aromatic N) is 3. The zero-order valence-corrected chi connectivity index (χ0v) is 19.0. The lowest BCUT2D eigenvalue weighted by Gasteiger charge is -2.37. The highest BCUT2D eigenvalue weighted by Crippen LogP contribution is 2.26. The number of carbonyl (C=O) groups excluding carboxylic acids is 1. The SMILES string of the molecule is Cc1ccc(Cl)cc1N1CCN(C(=O)c2cccc(S(=O)(=O)N3CCOCC3)c2)CC1. The van der Waals surface area contributed by atoms with Crippen LogP contribution in [-0.4, -0.2) is 76.0 Å². The van der Waals surface area contributed by atoms with Gasteiger partial charge in [0, 0.05) is 55.5 Å². The third-order valence-electron chi connectivity index (χ3n) is 5.77. The Bertz CT molecular complexity index is 1060. The summed E-state index contributed by atoms with van der Waals surface area (Å²) in [5.74, 6) is -0.151. The standard InChI is InChI=1S/C22H26ClN3O4S/c1-17-5-6-19(23)16-21(17)24-7-9-25(10-8-24)22(27)18-3-2-4-20(15-18)31(28,29)26-11-13-30-14-12-26/h2-6,15-16H,7-14H2,1H3. The first kappa shape index (κ1) is 22.1. The number of sulfonamides is 1. The summed E-state index contributed by atoms with van der Waals surface area (Å²) in [6.45, 7) is 5.97. The molecule has 2 saturated heterocycles. The van der Waals surface area contributed by atoms with Crippen LogP contribution >= 0.6 is 11.6 Å². The highest BCUT2D eigenvalue weighted by Gasteiger charge is 2.28. The normalized spacial score (nSPS) is 18.3. The third-order valence-corrected chi connectivity index (χ3v) is 7.90. The zero-order chi connectivity index (χ0) is 22.0. The fraction of sp³-hybridized carbons (Fsp3) is 0.409. The molecular formula is C22H26ClN3O4S. The van der Waals surface area contributed by atoms with Crippen LogP contribution in [0.4, 0.5) is 5.69 Å². The number of carbonyl (C=O) groups is 1. The molecule has 2 aromatic carbocycles. The minimum Gasteiger partial charge on any atom is -0.379 e. The molecular weight excluding hydrogens is 438 g/mol. The van der Waals surface area contributed by atoms with Crippen molar-refractivity contribution in [2.45, 2.75) is 11.8 Å². The number of hydrogen-bond donors (Lipinski definition) is 0. The molecule has 0 spiro atoms. The summed E-state index contributed by atoms with van der Waals surface area (Å²) in [4.78, 5) is 17.2. The molecule has 2 aromatic rings. The summed E-state index contributed by atoms with van der Waals surface area (Å²) < 4.78 is 32.5. The lowest BCUT2D eigenvalue weighted by Crippen LogP contribution is -2.49. The molecule has 0 atom stereocenters. The predicted octanol–water partition coefficient (Wildman–Crippen LogP) is 2.63. The van der Waals surface area contributed by atoms with Crippen molar-refractivity contribution in [2.75, 3.05) is 57.4 Å². The summed E-state index contributed by atoms with van der Waals surface area (Å²) in [7, 11) is -3.64. The summed E-state index contributed by atoms with van der Waals surface area (Å²) in [5, 5.41) is 0.692. The van der Waals surface area contributed by atoms with Crippen LogP contribution in [0, 0.1) is 6.92 Å². The first-order chi connectivity index (χ1) is 14.9. The van der Waals surface area contributed by atoms with Crippen molar-refractivity contribution >= 4 is 33.2 Å². The molecule has 0 aromatic heterocycles. The van der Waals surface area contributed by atoms with E-state index in [1.54, 1.807) is 23.1 Å². The van der Waals surface area contributed by atoms with Crippen molar-refractivity contribution in [3.8, 4) is 0 Å². The maximum absolute atomic E-state index is 13.1. The van der Waals surface area contributed by atoms with Gasteiger partial charge in [0.15, 0.2) is 0 Å². The van der Waals surface area contributed by atoms with Gasteiger partial charge in [-0.1, -0.05) is 23.7 Å². The van der Waals surface area contributed by atoms with Gasteiger partial charge in [-0.25, -0.2) is 8.42 Å². The quantitative estimate of drug-likeness (QED) is 0.697. The number of benzene rings is 2. The molecule has 2 heterocycles. The van der Waals surface area contributed by atoms with Crippen molar-refractivity contribution < 1.29 is 17.9 Å². The molecule has 31 heavy (non-hydrogen) atoms. The van der Waals surface area contributed by atoms with Gasteiger partial charge in [-0.2, -0.15) is 4.31 Å². The Morgan fingerprint density at radius 1 is 0.968 bits per heavy atom. The lowest BCUT2D eigenvalue weighted by molar-refractivity contribution is 0.0729. The van der Waals surface area contributed by atoms with E-state index >= 15 is 0 Å². The molecule has 0 saturated carbocycles. The number of aryl methyl sites for hydroxylation is 1. The Morgan fingerprint density at radius 3 is 2.39 bits per heavy atom. The Kier molecular flexibility index (Phi) is 6.52. The molecule has 166 valence electrons. The molecule has 2 fully saturated rings. The smallest absolute Gasteiger partial charge is 0.254 e. The number of rotatable bonds is 4. The first-order valence-electron chi connectivity index (χ1n) is 10.3. The van der Waals surface area contributed by atoms with Gasteiger partial charge in [0.1, 0.15) is 0 Å². The second-order valence-corrected chi connectivity index (χ2v) is 10.1. The van der Waals surface area contributed by atoms with Gasteiger partial charge < -0.3 is 14.5 Å². The minimum absolute atomic E-state index is 0.147. The molecule has 0 N–H and O–H groups in total.